The molecule has 0 aliphatic carbocycles. The number of nitrogens with zero attached hydrogens (tertiary/aromatic N) is 4. The number of pyridine rings is 1. The summed E-state index contributed by atoms with van der Waals surface area (Å²) in [4.78, 5) is 26.8. The maximum atomic E-state index is 11.5. The summed E-state index contributed by atoms with van der Waals surface area (Å²) in [6.07, 6.45) is 1.45. The minimum absolute atomic E-state index is 0.0612. The molecule has 2 aromatic rings. The topological polar surface area (TPSA) is 91.2 Å². The largest absolute Gasteiger partial charge is 0.391 e. The van der Waals surface area contributed by atoms with E-state index in [0.717, 1.165) is 17.0 Å². The van der Waals surface area contributed by atoms with Crippen molar-refractivity contribution in [3.63, 3.8) is 0 Å². The third-order valence-corrected chi connectivity index (χ3v) is 4.02. The lowest BCUT2D eigenvalue weighted by atomic mass is 10.0. The van der Waals surface area contributed by atoms with E-state index >= 15 is 0 Å². The summed E-state index contributed by atoms with van der Waals surface area (Å²) in [6.45, 7) is 2.94. The van der Waals surface area contributed by atoms with Crippen molar-refractivity contribution in [3.05, 3.63) is 24.0 Å². The minimum Gasteiger partial charge on any atom is -0.391 e. The first-order chi connectivity index (χ1) is 10.6. The van der Waals surface area contributed by atoms with E-state index in [2.05, 4.69) is 20.3 Å². The fraction of sp³-hybridized carbons (Fsp3) is 0.467. The van der Waals surface area contributed by atoms with Gasteiger partial charge in [0.1, 0.15) is 5.52 Å². The van der Waals surface area contributed by atoms with Gasteiger partial charge in [0.05, 0.1) is 11.8 Å². The smallest absolute Gasteiger partial charge is 0.220 e. The average Bonchev–Trinajstić information content (AvgIpc) is 2.87. The summed E-state index contributed by atoms with van der Waals surface area (Å²) in [5, 5.41) is 12.8. The van der Waals surface area contributed by atoms with Gasteiger partial charge in [-0.3, -0.25) is 4.79 Å². The Morgan fingerprint density at radius 2 is 2.27 bits per heavy atom. The second-order valence-electron chi connectivity index (χ2n) is 5.59. The predicted molar refractivity (Wildman–Crippen MR) is 82.5 cm³/mol. The molecule has 0 spiro atoms. The van der Waals surface area contributed by atoms with Crippen LogP contribution in [0, 0.1) is 12.8 Å². The molecular formula is C15H19N5O2. The summed E-state index contributed by atoms with van der Waals surface area (Å²) in [7, 11) is 1.60. The zero-order chi connectivity index (χ0) is 15.7. The molecule has 3 rings (SSSR count). The summed E-state index contributed by atoms with van der Waals surface area (Å²) in [6, 6.07) is 3.70. The predicted octanol–water partition coefficient (Wildman–Crippen LogP) is 0.266. The normalized spacial score (nSPS) is 21.3. The van der Waals surface area contributed by atoms with Crippen molar-refractivity contribution in [1.29, 1.82) is 0 Å². The number of carbonyl (C=O) groups is 1. The molecule has 1 fully saturated rings. The van der Waals surface area contributed by atoms with E-state index in [-0.39, 0.29) is 11.8 Å². The highest BCUT2D eigenvalue weighted by Crippen LogP contribution is 2.27. The van der Waals surface area contributed by atoms with Crippen LogP contribution in [0.1, 0.15) is 12.1 Å². The van der Waals surface area contributed by atoms with E-state index in [1.165, 1.54) is 0 Å². The molecule has 7 heteroatoms. The lowest BCUT2D eigenvalue weighted by Crippen LogP contribution is -2.27. The van der Waals surface area contributed by atoms with Gasteiger partial charge in [-0.1, -0.05) is 0 Å². The van der Waals surface area contributed by atoms with E-state index in [4.69, 9.17) is 0 Å². The Hall–Kier alpha value is -2.28. The molecule has 0 aromatic carbocycles. The van der Waals surface area contributed by atoms with Gasteiger partial charge in [-0.05, 0) is 19.1 Å². The Morgan fingerprint density at radius 3 is 3.05 bits per heavy atom. The zero-order valence-corrected chi connectivity index (χ0v) is 12.7. The Kier molecular flexibility index (Phi) is 3.89. The summed E-state index contributed by atoms with van der Waals surface area (Å²) in [5.41, 5.74) is 2.14. The van der Waals surface area contributed by atoms with Crippen LogP contribution in [0.2, 0.25) is 0 Å². The van der Waals surface area contributed by atoms with Gasteiger partial charge in [-0.25, -0.2) is 15.0 Å². The fourth-order valence-corrected chi connectivity index (χ4v) is 2.84. The van der Waals surface area contributed by atoms with Crippen LogP contribution in [-0.2, 0) is 4.79 Å². The number of amides is 1. The first kappa shape index (κ1) is 14.6. The molecule has 1 saturated heterocycles. The van der Waals surface area contributed by atoms with Crippen molar-refractivity contribution < 1.29 is 9.90 Å². The second-order valence-corrected chi connectivity index (χ2v) is 5.59. The molecule has 3 heterocycles. The highest BCUT2D eigenvalue weighted by Gasteiger charge is 2.34. The molecule has 1 amide bonds. The molecule has 1 aliphatic heterocycles. The quantitative estimate of drug-likeness (QED) is 0.845. The number of nitrogens with one attached hydrogen (secondary N) is 1. The highest BCUT2D eigenvalue weighted by molar-refractivity contribution is 5.76. The SMILES string of the molecule is CNC(=O)C[C@@H]1CN(c2nc3ncccc3nc2C)C[C@H]1O. The second kappa shape index (κ2) is 5.84. The van der Waals surface area contributed by atoms with Crippen molar-refractivity contribution >= 4 is 22.9 Å². The summed E-state index contributed by atoms with van der Waals surface area (Å²) >= 11 is 0. The van der Waals surface area contributed by atoms with Crippen molar-refractivity contribution in [1.82, 2.24) is 20.3 Å². The van der Waals surface area contributed by atoms with E-state index in [9.17, 15) is 9.90 Å². The maximum absolute atomic E-state index is 11.5. The van der Waals surface area contributed by atoms with Gasteiger partial charge < -0.3 is 15.3 Å². The van der Waals surface area contributed by atoms with Crippen LogP contribution in [-0.4, -0.2) is 52.2 Å². The Morgan fingerprint density at radius 1 is 1.45 bits per heavy atom. The standard InChI is InChI=1S/C15H19N5O2/c1-9-15(19-14-11(18-9)4-3-5-17-14)20-7-10(12(21)8-20)6-13(22)16-2/h3-5,10,12,21H,6-8H2,1-2H3,(H,16,22)/t10-,12-/m1/s1. The Labute approximate surface area is 128 Å². The molecule has 2 atom stereocenters. The number of β-amino-alcohol motifs (C(OH)–C–C–N with tert-alkyl or cyclic N) is 1. The van der Waals surface area contributed by atoms with Crippen LogP contribution in [0.3, 0.4) is 0 Å². The van der Waals surface area contributed by atoms with Crippen molar-refractivity contribution in [2.75, 3.05) is 25.0 Å². The molecular weight excluding hydrogens is 282 g/mol. The van der Waals surface area contributed by atoms with Gasteiger partial charge in [-0.2, -0.15) is 0 Å². The van der Waals surface area contributed by atoms with Crippen LogP contribution >= 0.6 is 0 Å². The van der Waals surface area contributed by atoms with E-state index in [1.807, 2.05) is 24.0 Å². The molecule has 0 saturated carbocycles. The van der Waals surface area contributed by atoms with Crippen molar-refractivity contribution in [2.45, 2.75) is 19.4 Å². The van der Waals surface area contributed by atoms with Crippen LogP contribution in [0.5, 0.6) is 0 Å². The van der Waals surface area contributed by atoms with Gasteiger partial charge in [0, 0.05) is 38.7 Å². The molecule has 0 radical (unpaired) electrons. The number of aryl methyl sites for hydroxylation is 1. The lowest BCUT2D eigenvalue weighted by Gasteiger charge is -2.19. The van der Waals surface area contributed by atoms with Gasteiger partial charge in [0.15, 0.2) is 11.5 Å². The fourth-order valence-electron chi connectivity index (χ4n) is 2.84. The molecule has 1 aliphatic rings. The van der Waals surface area contributed by atoms with E-state index in [0.29, 0.717) is 25.2 Å². The first-order valence-corrected chi connectivity index (χ1v) is 7.31. The molecule has 2 N–H and O–H groups in total. The van der Waals surface area contributed by atoms with Gasteiger partial charge in [-0.15, -0.1) is 0 Å². The van der Waals surface area contributed by atoms with Gasteiger partial charge >= 0.3 is 0 Å². The number of anilines is 1. The van der Waals surface area contributed by atoms with Crippen LogP contribution in [0.4, 0.5) is 5.82 Å². The summed E-state index contributed by atoms with van der Waals surface area (Å²) in [5.74, 6) is 0.569. The van der Waals surface area contributed by atoms with E-state index < -0.39 is 6.10 Å². The molecule has 7 nitrogen and oxygen atoms in total. The van der Waals surface area contributed by atoms with E-state index in [1.54, 1.807) is 13.2 Å². The number of aliphatic hydroxyl groups excluding tert-OH is 1. The maximum Gasteiger partial charge on any atom is 0.220 e. The Bertz CT molecular complexity index is 705. The van der Waals surface area contributed by atoms with Crippen molar-refractivity contribution in [2.24, 2.45) is 5.92 Å². The van der Waals surface area contributed by atoms with Crippen molar-refractivity contribution in [3.8, 4) is 0 Å². The van der Waals surface area contributed by atoms with Crippen LogP contribution < -0.4 is 10.2 Å². The number of fused-ring (bicyclic) bond motifs is 1. The number of hydrogen-bond acceptors (Lipinski definition) is 6. The number of aliphatic hydroxyl groups is 1. The van der Waals surface area contributed by atoms with Crippen LogP contribution in [0.25, 0.3) is 11.2 Å². The van der Waals surface area contributed by atoms with Crippen LogP contribution in [0.15, 0.2) is 18.3 Å². The molecule has 116 valence electrons. The monoisotopic (exact) mass is 301 g/mol. The number of hydrogen-bond donors (Lipinski definition) is 2. The first-order valence-electron chi connectivity index (χ1n) is 7.31. The molecule has 2 aromatic heterocycles. The third kappa shape index (κ3) is 2.71. The number of carbonyl (C=O) groups excluding carboxylic acids is 1. The molecule has 22 heavy (non-hydrogen) atoms. The Balaban J connectivity index is 1.85. The molecule has 0 bridgehead atoms. The average molecular weight is 301 g/mol. The number of aromatic nitrogens is 3. The highest BCUT2D eigenvalue weighted by atomic mass is 16.3. The van der Waals surface area contributed by atoms with Gasteiger partial charge in [0.2, 0.25) is 5.91 Å². The molecule has 0 unspecified atom stereocenters. The zero-order valence-electron chi connectivity index (χ0n) is 12.7. The lowest BCUT2D eigenvalue weighted by molar-refractivity contribution is -0.122. The van der Waals surface area contributed by atoms with Gasteiger partial charge in [0.25, 0.3) is 0 Å². The number of rotatable bonds is 3. The minimum atomic E-state index is -0.544. The summed E-state index contributed by atoms with van der Waals surface area (Å²) < 4.78 is 0. The third-order valence-electron chi connectivity index (χ3n) is 4.02.